The Morgan fingerprint density at radius 2 is 2.00 bits per heavy atom. The van der Waals surface area contributed by atoms with Crippen molar-refractivity contribution in [1.29, 1.82) is 0 Å². The van der Waals surface area contributed by atoms with Crippen molar-refractivity contribution in [3.63, 3.8) is 0 Å². The van der Waals surface area contributed by atoms with E-state index in [2.05, 4.69) is 18.9 Å². The predicted molar refractivity (Wildman–Crippen MR) is 84.1 cm³/mol. The average Bonchev–Trinajstić information content (AvgIpc) is 2.80. The van der Waals surface area contributed by atoms with Gasteiger partial charge in [-0.2, -0.15) is 9.78 Å². The molecule has 1 saturated heterocycles. The topological polar surface area (TPSA) is 62.6 Å². The minimum atomic E-state index is -0.562. The minimum Gasteiger partial charge on any atom is -0.442 e. The van der Waals surface area contributed by atoms with Gasteiger partial charge in [0.05, 0.1) is 5.60 Å². The van der Waals surface area contributed by atoms with Gasteiger partial charge >= 0.3 is 13.2 Å². The third kappa shape index (κ3) is 3.52. The van der Waals surface area contributed by atoms with Crippen LogP contribution in [0.15, 0.2) is 12.4 Å². The van der Waals surface area contributed by atoms with Crippen LogP contribution in [0, 0.1) is 5.41 Å². The molecule has 1 aliphatic heterocycles. The summed E-state index contributed by atoms with van der Waals surface area (Å²) in [6.45, 7) is 14.3. The highest BCUT2D eigenvalue weighted by Crippen LogP contribution is 2.37. The van der Waals surface area contributed by atoms with E-state index in [1.165, 1.54) is 4.68 Å². The molecule has 0 aliphatic carbocycles. The molecule has 0 atom stereocenters. The van der Waals surface area contributed by atoms with Gasteiger partial charge in [-0.1, -0.05) is 13.8 Å². The van der Waals surface area contributed by atoms with Crippen molar-refractivity contribution in [1.82, 2.24) is 9.78 Å². The molecule has 1 aliphatic rings. The van der Waals surface area contributed by atoms with Crippen LogP contribution in [-0.2, 0) is 14.0 Å². The van der Waals surface area contributed by atoms with Gasteiger partial charge in [0.15, 0.2) is 0 Å². The van der Waals surface area contributed by atoms with E-state index in [0.717, 1.165) is 0 Å². The lowest BCUT2D eigenvalue weighted by atomic mass is 9.70. The zero-order valence-electron chi connectivity index (χ0n) is 14.5. The van der Waals surface area contributed by atoms with Gasteiger partial charge in [0, 0.05) is 29.9 Å². The fourth-order valence-corrected chi connectivity index (χ4v) is 1.95. The Morgan fingerprint density at radius 1 is 1.36 bits per heavy atom. The van der Waals surface area contributed by atoms with Crippen LogP contribution in [0.1, 0.15) is 48.5 Å². The predicted octanol–water partition coefficient (Wildman–Crippen LogP) is 2.21. The van der Waals surface area contributed by atoms with E-state index in [0.29, 0.717) is 12.1 Å². The molecular formula is C15H25BN2O4. The fourth-order valence-electron chi connectivity index (χ4n) is 1.95. The number of hydrogen-bond donors (Lipinski definition) is 0. The quantitative estimate of drug-likeness (QED) is 0.744. The van der Waals surface area contributed by atoms with E-state index in [1.807, 2.05) is 34.6 Å². The molecule has 2 heterocycles. The van der Waals surface area contributed by atoms with Gasteiger partial charge in [-0.3, -0.25) is 0 Å². The lowest BCUT2D eigenvalue weighted by Crippen LogP contribution is -2.58. The summed E-state index contributed by atoms with van der Waals surface area (Å²) in [4.78, 5) is 12.0. The van der Waals surface area contributed by atoms with E-state index < -0.39 is 18.8 Å². The number of carbonyl (C=O) groups is 1. The molecule has 0 unspecified atom stereocenters. The Hall–Kier alpha value is -1.34. The normalized spacial score (nSPS) is 20.8. The SMILES string of the molecule is CC(C)(C)OC(=O)n1cc(B2OCC(C)(C)C(C)(C)O2)cn1. The number of carbonyl (C=O) groups excluding carboxylic acids is 1. The highest BCUT2D eigenvalue weighted by atomic mass is 16.6. The molecule has 7 heteroatoms. The van der Waals surface area contributed by atoms with E-state index in [-0.39, 0.29) is 11.0 Å². The maximum Gasteiger partial charge on any atom is 0.497 e. The van der Waals surface area contributed by atoms with Gasteiger partial charge in [-0.25, -0.2) is 4.79 Å². The maximum atomic E-state index is 12.0. The molecule has 0 saturated carbocycles. The Balaban J connectivity index is 2.11. The number of aromatic nitrogens is 2. The van der Waals surface area contributed by atoms with Crippen molar-refractivity contribution in [3.8, 4) is 0 Å². The van der Waals surface area contributed by atoms with E-state index in [4.69, 9.17) is 14.0 Å². The van der Waals surface area contributed by atoms with Crippen molar-refractivity contribution >= 4 is 18.7 Å². The average molecular weight is 308 g/mol. The highest BCUT2D eigenvalue weighted by Gasteiger charge is 2.47. The third-order valence-electron chi connectivity index (χ3n) is 4.08. The first-order valence-electron chi connectivity index (χ1n) is 7.49. The molecule has 1 fully saturated rings. The Morgan fingerprint density at radius 3 is 2.55 bits per heavy atom. The van der Waals surface area contributed by atoms with Gasteiger partial charge in [0.1, 0.15) is 5.60 Å². The Kier molecular flexibility index (Phi) is 4.17. The second-order valence-electron chi connectivity index (χ2n) is 7.85. The van der Waals surface area contributed by atoms with Gasteiger partial charge in [-0.15, -0.1) is 0 Å². The minimum absolute atomic E-state index is 0.0926. The molecule has 0 amide bonds. The molecule has 2 rings (SSSR count). The van der Waals surface area contributed by atoms with Crippen LogP contribution in [0.4, 0.5) is 4.79 Å². The van der Waals surface area contributed by atoms with Gasteiger partial charge in [0.2, 0.25) is 0 Å². The molecule has 1 aromatic heterocycles. The van der Waals surface area contributed by atoms with Gasteiger partial charge < -0.3 is 14.0 Å². The van der Waals surface area contributed by atoms with E-state index in [1.54, 1.807) is 12.4 Å². The molecule has 122 valence electrons. The molecular weight excluding hydrogens is 283 g/mol. The number of hydrogen-bond acceptors (Lipinski definition) is 5. The van der Waals surface area contributed by atoms with Crippen LogP contribution in [0.25, 0.3) is 0 Å². The Bertz CT molecular complexity index is 560. The van der Waals surface area contributed by atoms with Gasteiger partial charge in [-0.05, 0) is 34.6 Å². The molecule has 1 aromatic rings. The van der Waals surface area contributed by atoms with Crippen LogP contribution < -0.4 is 5.46 Å². The monoisotopic (exact) mass is 308 g/mol. The summed E-state index contributed by atoms with van der Waals surface area (Å²) < 4.78 is 18.3. The second kappa shape index (κ2) is 5.39. The molecule has 0 spiro atoms. The van der Waals surface area contributed by atoms with E-state index in [9.17, 15) is 4.79 Å². The summed E-state index contributed by atoms with van der Waals surface area (Å²) in [6.07, 6.45) is 2.64. The van der Waals surface area contributed by atoms with Gasteiger partial charge in [0.25, 0.3) is 0 Å². The highest BCUT2D eigenvalue weighted by molar-refractivity contribution is 6.61. The standard InChI is InChI=1S/C15H25BN2O4/c1-13(2,3)21-12(19)18-9-11(8-17-18)16-20-10-14(4,5)15(6,7)22-16/h8-9H,10H2,1-7H3. The van der Waals surface area contributed by atoms with Crippen LogP contribution in [0.5, 0.6) is 0 Å². The van der Waals surface area contributed by atoms with Crippen molar-refractivity contribution in [2.24, 2.45) is 5.41 Å². The van der Waals surface area contributed by atoms with Crippen LogP contribution in [-0.4, -0.2) is 40.8 Å². The van der Waals surface area contributed by atoms with Crippen LogP contribution in [0.2, 0.25) is 0 Å². The maximum absolute atomic E-state index is 12.0. The molecule has 0 N–H and O–H groups in total. The third-order valence-corrected chi connectivity index (χ3v) is 4.08. The second-order valence-corrected chi connectivity index (χ2v) is 7.85. The lowest BCUT2D eigenvalue weighted by molar-refractivity contribution is -0.0937. The van der Waals surface area contributed by atoms with Crippen molar-refractivity contribution in [3.05, 3.63) is 12.4 Å². The summed E-state index contributed by atoms with van der Waals surface area (Å²) in [7, 11) is -0.529. The summed E-state index contributed by atoms with van der Waals surface area (Å²) in [5, 5.41) is 4.04. The summed E-state index contributed by atoms with van der Waals surface area (Å²) in [6, 6.07) is 0. The zero-order chi connectivity index (χ0) is 16.8. The number of rotatable bonds is 1. The van der Waals surface area contributed by atoms with E-state index >= 15 is 0 Å². The van der Waals surface area contributed by atoms with Crippen molar-refractivity contribution < 1.29 is 18.8 Å². The number of nitrogens with zero attached hydrogens (tertiary/aromatic N) is 2. The fraction of sp³-hybridized carbons (Fsp3) is 0.733. The number of ether oxygens (including phenoxy) is 1. The Labute approximate surface area is 132 Å². The summed E-state index contributed by atoms with van der Waals surface area (Å²) in [5.41, 5.74) is -0.295. The molecule has 22 heavy (non-hydrogen) atoms. The van der Waals surface area contributed by atoms with Crippen molar-refractivity contribution in [2.45, 2.75) is 59.7 Å². The molecule has 6 nitrogen and oxygen atoms in total. The summed E-state index contributed by atoms with van der Waals surface area (Å²) >= 11 is 0. The molecule has 0 radical (unpaired) electrons. The first-order chi connectivity index (χ1) is 9.91. The first-order valence-corrected chi connectivity index (χ1v) is 7.49. The largest absolute Gasteiger partial charge is 0.497 e. The zero-order valence-corrected chi connectivity index (χ0v) is 14.5. The van der Waals surface area contributed by atoms with Crippen molar-refractivity contribution in [2.75, 3.05) is 6.61 Å². The first kappa shape index (κ1) is 17.0. The smallest absolute Gasteiger partial charge is 0.442 e. The van der Waals surface area contributed by atoms with Crippen LogP contribution >= 0.6 is 0 Å². The molecule has 0 aromatic carbocycles. The molecule has 0 bridgehead atoms. The summed E-state index contributed by atoms with van der Waals surface area (Å²) in [5.74, 6) is 0. The lowest BCUT2D eigenvalue weighted by Gasteiger charge is -2.47. The van der Waals surface area contributed by atoms with Crippen LogP contribution in [0.3, 0.4) is 0 Å².